The maximum atomic E-state index is 5.96. The van der Waals surface area contributed by atoms with Crippen molar-refractivity contribution in [1.29, 1.82) is 0 Å². The van der Waals surface area contributed by atoms with Crippen molar-refractivity contribution in [3.63, 3.8) is 0 Å². The second kappa shape index (κ2) is 5.05. The Morgan fingerprint density at radius 3 is 2.19 bits per heavy atom. The molecular formula is C14H29NO. The molecule has 0 aromatic heterocycles. The fraction of sp³-hybridized carbons (Fsp3) is 1.00. The van der Waals surface area contributed by atoms with Crippen molar-refractivity contribution >= 4 is 0 Å². The summed E-state index contributed by atoms with van der Waals surface area (Å²) in [6.07, 6.45) is 2.81. The van der Waals surface area contributed by atoms with Crippen LogP contribution in [-0.4, -0.2) is 36.2 Å². The Kier molecular flexibility index (Phi) is 4.42. The predicted octanol–water partition coefficient (Wildman–Crippen LogP) is 3.31. The maximum absolute atomic E-state index is 5.96. The summed E-state index contributed by atoms with van der Waals surface area (Å²) in [5.41, 5.74) is 0.685. The SMILES string of the molecule is CC(C)(C)CCO[C@H]1CCN(C(C)(C)C)C1. The molecule has 2 heteroatoms. The van der Waals surface area contributed by atoms with Gasteiger partial charge >= 0.3 is 0 Å². The van der Waals surface area contributed by atoms with Crippen LogP contribution < -0.4 is 0 Å². The highest BCUT2D eigenvalue weighted by Gasteiger charge is 2.30. The van der Waals surface area contributed by atoms with E-state index in [4.69, 9.17) is 4.74 Å². The van der Waals surface area contributed by atoms with E-state index >= 15 is 0 Å². The third-order valence-electron chi connectivity index (χ3n) is 3.30. The summed E-state index contributed by atoms with van der Waals surface area (Å²) in [5, 5.41) is 0. The lowest BCUT2D eigenvalue weighted by atomic mass is 9.93. The van der Waals surface area contributed by atoms with Crippen LogP contribution in [0.5, 0.6) is 0 Å². The van der Waals surface area contributed by atoms with Crippen LogP contribution in [0.25, 0.3) is 0 Å². The first-order valence-corrected chi connectivity index (χ1v) is 6.55. The van der Waals surface area contributed by atoms with Gasteiger partial charge in [-0.3, -0.25) is 4.90 Å². The van der Waals surface area contributed by atoms with Crippen LogP contribution in [0.15, 0.2) is 0 Å². The van der Waals surface area contributed by atoms with Crippen LogP contribution in [0.2, 0.25) is 0 Å². The van der Waals surface area contributed by atoms with Gasteiger partial charge in [-0.25, -0.2) is 0 Å². The molecule has 1 atom stereocenters. The van der Waals surface area contributed by atoms with Crippen molar-refractivity contribution in [3.05, 3.63) is 0 Å². The molecule has 0 aromatic carbocycles. The summed E-state index contributed by atoms with van der Waals surface area (Å²) in [6, 6.07) is 0. The summed E-state index contributed by atoms with van der Waals surface area (Å²) in [6.45, 7) is 16.9. The van der Waals surface area contributed by atoms with Gasteiger partial charge in [-0.05, 0) is 39.0 Å². The molecule has 0 unspecified atom stereocenters. The number of ether oxygens (including phenoxy) is 1. The molecule has 1 fully saturated rings. The fourth-order valence-corrected chi connectivity index (χ4v) is 2.01. The van der Waals surface area contributed by atoms with Crippen molar-refractivity contribution in [3.8, 4) is 0 Å². The van der Waals surface area contributed by atoms with Crippen LogP contribution >= 0.6 is 0 Å². The lowest BCUT2D eigenvalue weighted by Gasteiger charge is -2.31. The van der Waals surface area contributed by atoms with Crippen molar-refractivity contribution in [2.75, 3.05) is 19.7 Å². The Labute approximate surface area is 101 Å². The van der Waals surface area contributed by atoms with Gasteiger partial charge in [0.05, 0.1) is 6.10 Å². The first-order valence-electron chi connectivity index (χ1n) is 6.55. The quantitative estimate of drug-likeness (QED) is 0.733. The molecule has 0 saturated carbocycles. The van der Waals surface area contributed by atoms with Gasteiger partial charge in [0, 0.05) is 25.2 Å². The van der Waals surface area contributed by atoms with E-state index < -0.39 is 0 Å². The van der Waals surface area contributed by atoms with Crippen LogP contribution in [0.4, 0.5) is 0 Å². The number of nitrogens with zero attached hydrogens (tertiary/aromatic N) is 1. The molecule has 1 aliphatic rings. The first-order chi connectivity index (χ1) is 7.18. The average Bonchev–Trinajstić information content (AvgIpc) is 2.49. The van der Waals surface area contributed by atoms with E-state index in [0.717, 1.165) is 19.6 Å². The molecule has 0 amide bonds. The van der Waals surface area contributed by atoms with E-state index in [2.05, 4.69) is 46.4 Å². The third kappa shape index (κ3) is 4.84. The zero-order valence-electron chi connectivity index (χ0n) is 12.0. The van der Waals surface area contributed by atoms with Crippen molar-refractivity contribution in [1.82, 2.24) is 4.90 Å². The van der Waals surface area contributed by atoms with Gasteiger partial charge in [0.1, 0.15) is 0 Å². The molecule has 0 spiro atoms. The van der Waals surface area contributed by atoms with Crippen molar-refractivity contribution in [2.45, 2.75) is 66.0 Å². The molecule has 0 aliphatic carbocycles. The van der Waals surface area contributed by atoms with Gasteiger partial charge in [0.2, 0.25) is 0 Å². The van der Waals surface area contributed by atoms with Crippen molar-refractivity contribution in [2.24, 2.45) is 5.41 Å². The molecule has 1 heterocycles. The van der Waals surface area contributed by atoms with E-state index in [1.807, 2.05) is 0 Å². The second-order valence-corrected chi connectivity index (χ2v) is 7.21. The molecule has 96 valence electrons. The van der Waals surface area contributed by atoms with E-state index in [1.165, 1.54) is 13.0 Å². The van der Waals surface area contributed by atoms with Crippen LogP contribution in [0.1, 0.15) is 54.4 Å². The number of hydrogen-bond acceptors (Lipinski definition) is 2. The Morgan fingerprint density at radius 1 is 1.12 bits per heavy atom. The number of hydrogen-bond donors (Lipinski definition) is 0. The van der Waals surface area contributed by atoms with E-state index in [0.29, 0.717) is 17.1 Å². The minimum Gasteiger partial charge on any atom is -0.377 e. The highest BCUT2D eigenvalue weighted by Crippen LogP contribution is 2.23. The number of likely N-dealkylation sites (tertiary alicyclic amines) is 1. The lowest BCUT2D eigenvalue weighted by Crippen LogP contribution is -2.40. The van der Waals surface area contributed by atoms with E-state index in [1.54, 1.807) is 0 Å². The minimum atomic E-state index is 0.294. The fourth-order valence-electron chi connectivity index (χ4n) is 2.01. The van der Waals surface area contributed by atoms with Gasteiger partial charge in [-0.2, -0.15) is 0 Å². The second-order valence-electron chi connectivity index (χ2n) is 7.21. The van der Waals surface area contributed by atoms with Crippen LogP contribution in [-0.2, 0) is 4.74 Å². The Hall–Kier alpha value is -0.0800. The molecule has 1 rings (SSSR count). The lowest BCUT2D eigenvalue weighted by molar-refractivity contribution is 0.0355. The highest BCUT2D eigenvalue weighted by molar-refractivity contribution is 4.85. The monoisotopic (exact) mass is 227 g/mol. The normalized spacial score (nSPS) is 24.0. The number of rotatable bonds is 3. The zero-order chi connectivity index (χ0) is 12.4. The summed E-state index contributed by atoms with van der Waals surface area (Å²) in [4.78, 5) is 2.52. The average molecular weight is 227 g/mol. The predicted molar refractivity (Wildman–Crippen MR) is 69.8 cm³/mol. The van der Waals surface area contributed by atoms with Crippen LogP contribution in [0, 0.1) is 5.41 Å². The Morgan fingerprint density at radius 2 is 1.75 bits per heavy atom. The Balaban J connectivity index is 2.22. The molecular weight excluding hydrogens is 198 g/mol. The van der Waals surface area contributed by atoms with Gasteiger partial charge in [-0.1, -0.05) is 20.8 Å². The summed E-state index contributed by atoms with van der Waals surface area (Å²) < 4.78 is 5.96. The molecule has 2 nitrogen and oxygen atoms in total. The van der Waals surface area contributed by atoms with Gasteiger partial charge in [-0.15, -0.1) is 0 Å². The molecule has 0 aromatic rings. The smallest absolute Gasteiger partial charge is 0.0714 e. The van der Waals surface area contributed by atoms with E-state index in [9.17, 15) is 0 Å². The summed E-state index contributed by atoms with van der Waals surface area (Å²) in [5.74, 6) is 0. The first kappa shape index (κ1) is 14.0. The molecule has 0 N–H and O–H groups in total. The zero-order valence-corrected chi connectivity index (χ0v) is 12.0. The highest BCUT2D eigenvalue weighted by atomic mass is 16.5. The van der Waals surface area contributed by atoms with Gasteiger partial charge in [0.15, 0.2) is 0 Å². The van der Waals surface area contributed by atoms with Gasteiger partial charge < -0.3 is 4.74 Å². The molecule has 1 aliphatic heterocycles. The minimum absolute atomic E-state index is 0.294. The molecule has 16 heavy (non-hydrogen) atoms. The molecule has 1 saturated heterocycles. The molecule has 0 bridgehead atoms. The summed E-state index contributed by atoms with van der Waals surface area (Å²) >= 11 is 0. The Bertz CT molecular complexity index is 212. The topological polar surface area (TPSA) is 12.5 Å². The standard InChI is InChI=1S/C14H29NO/c1-13(2,3)8-10-16-12-7-9-15(11-12)14(4,5)6/h12H,7-11H2,1-6H3/t12-/m0/s1. The molecule has 0 radical (unpaired) electrons. The summed E-state index contributed by atoms with van der Waals surface area (Å²) in [7, 11) is 0. The van der Waals surface area contributed by atoms with Gasteiger partial charge in [0.25, 0.3) is 0 Å². The maximum Gasteiger partial charge on any atom is 0.0714 e. The van der Waals surface area contributed by atoms with Crippen molar-refractivity contribution < 1.29 is 4.74 Å². The van der Waals surface area contributed by atoms with E-state index in [-0.39, 0.29) is 0 Å². The third-order valence-corrected chi connectivity index (χ3v) is 3.30. The largest absolute Gasteiger partial charge is 0.377 e. The van der Waals surface area contributed by atoms with Crippen LogP contribution in [0.3, 0.4) is 0 Å².